The molecule has 0 aliphatic heterocycles. The molecule has 2 aromatic carbocycles. The van der Waals surface area contributed by atoms with Crippen LogP contribution in [-0.2, 0) is 5.54 Å². The highest BCUT2D eigenvalue weighted by Gasteiger charge is 2.23. The molecule has 0 saturated carbocycles. The summed E-state index contributed by atoms with van der Waals surface area (Å²) >= 11 is 6.75. The molecule has 41 heavy (non-hydrogen) atoms. The second-order valence-electron chi connectivity index (χ2n) is 10.6. The highest BCUT2D eigenvalue weighted by atomic mass is 35.5. The molecule has 0 amide bonds. The van der Waals surface area contributed by atoms with E-state index in [1.165, 1.54) is 24.5 Å². The SMILES string of the molecule is [2H][C@](Nc1cc(Cl)c2ncc(C#N)c(N[C@H](CC)c3ccccc3)c2c1)(c1ccc(F)nc1)c1cn(C(C)(C)C)nn1. The van der Waals surface area contributed by atoms with E-state index in [0.717, 1.165) is 12.0 Å². The van der Waals surface area contributed by atoms with Gasteiger partial charge < -0.3 is 10.6 Å². The van der Waals surface area contributed by atoms with Crippen LogP contribution in [0.15, 0.2) is 73.2 Å². The van der Waals surface area contributed by atoms with Crippen molar-refractivity contribution in [1.29, 1.82) is 5.26 Å². The molecule has 3 heterocycles. The fraction of sp³-hybridized carbons (Fsp3) is 0.258. The van der Waals surface area contributed by atoms with Crippen molar-refractivity contribution in [2.75, 3.05) is 10.6 Å². The summed E-state index contributed by atoms with van der Waals surface area (Å²) in [5.74, 6) is -0.664. The molecule has 0 bridgehead atoms. The summed E-state index contributed by atoms with van der Waals surface area (Å²) in [4.78, 5) is 8.24. The molecule has 2 atom stereocenters. The van der Waals surface area contributed by atoms with Gasteiger partial charge in [-0.3, -0.25) is 4.98 Å². The largest absolute Gasteiger partial charge is 0.377 e. The van der Waals surface area contributed by atoms with Gasteiger partial charge in [0.05, 0.1) is 47.0 Å². The van der Waals surface area contributed by atoms with Gasteiger partial charge in [0.1, 0.15) is 11.8 Å². The Morgan fingerprint density at radius 2 is 1.85 bits per heavy atom. The number of nitriles is 1. The average Bonchev–Trinajstić information content (AvgIpc) is 3.49. The third-order valence-electron chi connectivity index (χ3n) is 6.70. The van der Waals surface area contributed by atoms with Crippen LogP contribution in [0, 0.1) is 17.3 Å². The maximum Gasteiger partial charge on any atom is 0.212 e. The van der Waals surface area contributed by atoms with Crippen LogP contribution >= 0.6 is 11.6 Å². The molecule has 0 spiro atoms. The van der Waals surface area contributed by atoms with Gasteiger partial charge in [0, 0.05) is 23.5 Å². The zero-order chi connectivity index (χ0) is 30.1. The Balaban J connectivity index is 1.64. The lowest BCUT2D eigenvalue weighted by Crippen LogP contribution is -2.22. The van der Waals surface area contributed by atoms with Crippen LogP contribution in [0.5, 0.6) is 0 Å². The van der Waals surface area contributed by atoms with Crippen LogP contribution in [0.3, 0.4) is 0 Å². The van der Waals surface area contributed by atoms with Gasteiger partial charge in [-0.05, 0) is 56.5 Å². The molecule has 0 unspecified atom stereocenters. The third-order valence-corrected chi connectivity index (χ3v) is 6.98. The maximum absolute atomic E-state index is 13.8. The summed E-state index contributed by atoms with van der Waals surface area (Å²) in [6.07, 6.45) is 5.24. The quantitative estimate of drug-likeness (QED) is 0.187. The fourth-order valence-electron chi connectivity index (χ4n) is 4.51. The smallest absolute Gasteiger partial charge is 0.212 e. The molecule has 0 aliphatic rings. The van der Waals surface area contributed by atoms with Gasteiger partial charge in [0.15, 0.2) is 0 Å². The highest BCUT2D eigenvalue weighted by molar-refractivity contribution is 6.35. The van der Waals surface area contributed by atoms with E-state index in [9.17, 15) is 11.0 Å². The van der Waals surface area contributed by atoms with Crippen LogP contribution in [0.4, 0.5) is 15.8 Å². The van der Waals surface area contributed by atoms with Crippen molar-refractivity contribution in [1.82, 2.24) is 25.0 Å². The van der Waals surface area contributed by atoms with E-state index in [2.05, 4.69) is 43.9 Å². The van der Waals surface area contributed by atoms with Gasteiger partial charge in [-0.15, -0.1) is 5.10 Å². The van der Waals surface area contributed by atoms with Crippen LogP contribution < -0.4 is 10.6 Å². The first-order valence-electron chi connectivity index (χ1n) is 13.7. The minimum atomic E-state index is -1.72. The zero-order valence-electron chi connectivity index (χ0n) is 24.2. The summed E-state index contributed by atoms with van der Waals surface area (Å²) in [7, 11) is 0. The molecular weight excluding hydrogens is 539 g/mol. The van der Waals surface area contributed by atoms with E-state index >= 15 is 0 Å². The Bertz CT molecular complexity index is 1760. The average molecular weight is 570 g/mol. The van der Waals surface area contributed by atoms with E-state index in [4.69, 9.17) is 11.6 Å². The van der Waals surface area contributed by atoms with Gasteiger partial charge in [-0.25, -0.2) is 9.67 Å². The lowest BCUT2D eigenvalue weighted by atomic mass is 10.0. The second kappa shape index (κ2) is 11.5. The Labute approximate surface area is 244 Å². The van der Waals surface area contributed by atoms with Crippen molar-refractivity contribution in [3.8, 4) is 6.07 Å². The van der Waals surface area contributed by atoms with E-state index in [-0.39, 0.29) is 17.3 Å². The number of pyridine rings is 2. The first-order chi connectivity index (χ1) is 20.0. The number of halogens is 2. The summed E-state index contributed by atoms with van der Waals surface area (Å²) in [6, 6.07) is 16.6. The Hall–Kier alpha value is -4.55. The molecule has 2 N–H and O–H groups in total. The van der Waals surface area contributed by atoms with Crippen LogP contribution in [0.25, 0.3) is 10.9 Å². The number of fused-ring (bicyclic) bond motifs is 1. The van der Waals surface area contributed by atoms with Crippen molar-refractivity contribution in [3.05, 3.63) is 107 Å². The first-order valence-corrected chi connectivity index (χ1v) is 13.6. The summed E-state index contributed by atoms with van der Waals surface area (Å²) in [5.41, 5.74) is 3.23. The van der Waals surface area contributed by atoms with E-state index in [1.807, 2.05) is 51.1 Å². The topological polar surface area (TPSA) is 104 Å². The zero-order valence-corrected chi connectivity index (χ0v) is 23.9. The number of rotatable bonds is 8. The van der Waals surface area contributed by atoms with Crippen LogP contribution in [-0.4, -0.2) is 25.0 Å². The number of hydrogen-bond donors (Lipinski definition) is 2. The number of aromatic nitrogens is 5. The molecule has 0 saturated heterocycles. The molecule has 0 aliphatic carbocycles. The van der Waals surface area contributed by atoms with Crippen molar-refractivity contribution in [2.24, 2.45) is 0 Å². The van der Waals surface area contributed by atoms with Crippen LogP contribution in [0.1, 0.15) is 69.9 Å². The molecule has 0 radical (unpaired) electrons. The summed E-state index contributed by atoms with van der Waals surface area (Å²) < 4.78 is 25.0. The summed E-state index contributed by atoms with van der Waals surface area (Å²) in [5, 5.41) is 26.2. The molecule has 3 aromatic heterocycles. The minimum absolute atomic E-state index is 0.0766. The number of nitrogens with zero attached hydrogens (tertiary/aromatic N) is 6. The van der Waals surface area contributed by atoms with E-state index in [0.29, 0.717) is 38.4 Å². The Kier molecular flexibility index (Phi) is 7.49. The van der Waals surface area contributed by atoms with Gasteiger partial charge in [-0.2, -0.15) is 9.65 Å². The maximum atomic E-state index is 13.8. The fourth-order valence-corrected chi connectivity index (χ4v) is 4.78. The lowest BCUT2D eigenvalue weighted by Gasteiger charge is -2.22. The Morgan fingerprint density at radius 3 is 2.49 bits per heavy atom. The van der Waals surface area contributed by atoms with Crippen molar-refractivity contribution >= 4 is 33.9 Å². The van der Waals surface area contributed by atoms with E-state index in [1.54, 1.807) is 23.0 Å². The normalized spacial score (nSPS) is 14.1. The Morgan fingerprint density at radius 1 is 1.07 bits per heavy atom. The highest BCUT2D eigenvalue weighted by Crippen LogP contribution is 2.37. The summed E-state index contributed by atoms with van der Waals surface area (Å²) in [6.45, 7) is 7.98. The molecule has 208 valence electrons. The molecule has 5 rings (SSSR count). The van der Waals surface area contributed by atoms with Gasteiger partial charge in [0.25, 0.3) is 0 Å². The van der Waals surface area contributed by atoms with Crippen molar-refractivity contribution in [3.63, 3.8) is 0 Å². The predicted molar refractivity (Wildman–Crippen MR) is 159 cm³/mol. The predicted octanol–water partition coefficient (Wildman–Crippen LogP) is 7.41. The number of benzene rings is 2. The first kappa shape index (κ1) is 26.7. The third kappa shape index (κ3) is 5.98. The van der Waals surface area contributed by atoms with Gasteiger partial charge >= 0.3 is 0 Å². The second-order valence-corrected chi connectivity index (χ2v) is 11.0. The molecule has 0 fully saturated rings. The monoisotopic (exact) mass is 569 g/mol. The number of anilines is 2. The van der Waals surface area contributed by atoms with Crippen molar-refractivity contribution < 1.29 is 5.76 Å². The molecule has 5 aromatic rings. The lowest BCUT2D eigenvalue weighted by molar-refractivity contribution is 0.347. The number of hydrogen-bond acceptors (Lipinski definition) is 7. The standard InChI is InChI=1S/C31H30ClFN8/c1-5-25(19-9-7-6-8-10-19)38-28-21(15-34)17-36-30-23(28)13-22(14-24(30)32)37-29(20-11-12-27(33)35-16-20)26-18-41(40-39-26)31(2,3)4/h6-14,16-18,25,29,37H,5H2,1-4H3,(H,36,38)/t25-,29+/m1/s1/i29D. The molecule has 8 nitrogen and oxygen atoms in total. The molecular formula is C31H30ClFN8. The van der Waals surface area contributed by atoms with Crippen molar-refractivity contribution in [2.45, 2.75) is 51.7 Å². The van der Waals surface area contributed by atoms with E-state index < -0.39 is 12.0 Å². The molecule has 10 heteroatoms. The van der Waals surface area contributed by atoms with Crippen LogP contribution in [0.2, 0.25) is 5.02 Å². The number of nitrogens with one attached hydrogen (secondary N) is 2. The van der Waals surface area contributed by atoms with Gasteiger partial charge in [0.2, 0.25) is 5.95 Å². The van der Waals surface area contributed by atoms with Gasteiger partial charge in [-0.1, -0.05) is 60.1 Å². The minimum Gasteiger partial charge on any atom is -0.377 e.